The van der Waals surface area contributed by atoms with E-state index in [1.807, 2.05) is 6.07 Å². The lowest BCUT2D eigenvalue weighted by atomic mass is 10.0. The van der Waals surface area contributed by atoms with Gasteiger partial charge in [-0.2, -0.15) is 0 Å². The van der Waals surface area contributed by atoms with Crippen LogP contribution in [-0.2, 0) is 6.16 Å². The highest BCUT2D eigenvalue weighted by atomic mass is 31.2. The van der Waals surface area contributed by atoms with Crippen molar-refractivity contribution >= 4 is 23.3 Å². The van der Waals surface area contributed by atoms with Crippen molar-refractivity contribution in [2.45, 2.75) is 6.16 Å². The molecule has 0 bridgehead atoms. The molecule has 6 rings (SSSR count). The van der Waals surface area contributed by atoms with E-state index in [4.69, 9.17) is 4.52 Å². The molecule has 0 spiro atoms. The molecule has 38 heavy (non-hydrogen) atoms. The zero-order valence-corrected chi connectivity index (χ0v) is 22.0. The van der Waals surface area contributed by atoms with E-state index in [2.05, 4.69) is 158 Å². The van der Waals surface area contributed by atoms with Gasteiger partial charge >= 0.3 is 0 Å². The Morgan fingerprint density at radius 1 is 0.447 bits per heavy atom. The molecule has 5 aromatic rings. The minimum atomic E-state index is -2.45. The van der Waals surface area contributed by atoms with Gasteiger partial charge in [-0.25, -0.2) is 0 Å². The summed E-state index contributed by atoms with van der Waals surface area (Å²) in [7, 11) is -2.45. The zero-order chi connectivity index (χ0) is 25.6. The van der Waals surface area contributed by atoms with Crippen LogP contribution < -0.4 is 4.52 Å². The van der Waals surface area contributed by atoms with Crippen LogP contribution in [0.4, 0.5) is 0 Å². The Hall–Kier alpha value is -4.32. The van der Waals surface area contributed by atoms with Gasteiger partial charge in [-0.3, -0.25) is 0 Å². The first kappa shape index (κ1) is 24.0. The Kier molecular flexibility index (Phi) is 6.94. The Morgan fingerprint density at radius 3 is 1.50 bits per heavy atom. The van der Waals surface area contributed by atoms with Gasteiger partial charge in [0, 0.05) is 16.8 Å². The summed E-state index contributed by atoms with van der Waals surface area (Å²) in [5.74, 6) is 0.892. The normalized spacial score (nSPS) is 16.9. The van der Waals surface area contributed by atoms with E-state index in [1.54, 1.807) is 0 Å². The van der Waals surface area contributed by atoms with Gasteiger partial charge in [-0.05, 0) is 52.1 Å². The van der Waals surface area contributed by atoms with Crippen LogP contribution >= 0.6 is 7.11 Å². The van der Waals surface area contributed by atoms with Crippen molar-refractivity contribution in [3.05, 3.63) is 186 Å². The van der Waals surface area contributed by atoms with E-state index in [9.17, 15) is 0 Å². The molecule has 1 heterocycles. The first-order valence-corrected chi connectivity index (χ1v) is 14.9. The highest BCUT2D eigenvalue weighted by Crippen LogP contribution is 2.66. The van der Waals surface area contributed by atoms with E-state index < -0.39 is 7.11 Å². The predicted molar refractivity (Wildman–Crippen MR) is 164 cm³/mol. The fraction of sp³-hybridized carbons (Fsp3) is 0.0278. The van der Waals surface area contributed by atoms with Gasteiger partial charge in [0.1, 0.15) is 5.75 Å². The molecule has 1 nitrogen and oxygen atoms in total. The van der Waals surface area contributed by atoms with Crippen molar-refractivity contribution in [1.29, 1.82) is 0 Å². The van der Waals surface area contributed by atoms with Crippen LogP contribution in [0.25, 0.3) is 10.9 Å². The fourth-order valence-corrected chi connectivity index (χ4v) is 8.97. The number of hydrogen-bond acceptors (Lipinski definition) is 1. The third kappa shape index (κ3) is 4.94. The molecule has 2 heteroatoms. The third-order valence-corrected chi connectivity index (χ3v) is 10.5. The van der Waals surface area contributed by atoms with Gasteiger partial charge in [0.05, 0.1) is 7.11 Å². The summed E-state index contributed by atoms with van der Waals surface area (Å²) in [4.78, 5) is 0. The minimum absolute atomic E-state index is 0.798. The van der Waals surface area contributed by atoms with Crippen molar-refractivity contribution in [3.63, 3.8) is 0 Å². The second kappa shape index (κ2) is 11.0. The van der Waals surface area contributed by atoms with Crippen LogP contribution in [0.2, 0.25) is 0 Å². The number of benzene rings is 5. The molecule has 5 aromatic carbocycles. The average molecular weight is 509 g/mol. The molecule has 0 N–H and O–H groups in total. The van der Waals surface area contributed by atoms with Crippen molar-refractivity contribution in [2.75, 3.05) is 0 Å². The average Bonchev–Trinajstić information content (AvgIpc) is 2.99. The monoisotopic (exact) mass is 508 g/mol. The molecule has 1 aliphatic rings. The minimum Gasteiger partial charge on any atom is -0.472 e. The standard InChI is InChI=1S/C36H29OP/c1-6-16-29(17-7-1)28-38(37-34-24-14-5-15-25-34)35(31-20-10-3-11-21-31)26-33(30-18-8-2-9-19-30)27-36(38)32-22-12-4-13-23-32/h1-27H,28H2. The van der Waals surface area contributed by atoms with Gasteiger partial charge in [0.2, 0.25) is 0 Å². The first-order chi connectivity index (χ1) is 18.8. The summed E-state index contributed by atoms with van der Waals surface area (Å²) >= 11 is 0. The lowest BCUT2D eigenvalue weighted by Crippen LogP contribution is -2.14. The fourth-order valence-electron chi connectivity index (χ4n) is 5.08. The summed E-state index contributed by atoms with van der Waals surface area (Å²) in [6.07, 6.45) is 5.54. The SMILES string of the molecule is C1=C(c2ccccc2)C=C(c2ccccc2)P(Cc2ccccc2)(Oc2ccccc2)=C1c1ccccc1. The molecule has 0 fully saturated rings. The summed E-state index contributed by atoms with van der Waals surface area (Å²) in [5, 5.41) is 2.51. The topological polar surface area (TPSA) is 9.23 Å². The largest absolute Gasteiger partial charge is 0.472 e. The molecular formula is C36H29OP. The number of para-hydroxylation sites is 1. The Labute approximate surface area is 225 Å². The third-order valence-electron chi connectivity index (χ3n) is 6.86. The molecule has 1 atom stereocenters. The van der Waals surface area contributed by atoms with Gasteiger partial charge < -0.3 is 4.52 Å². The number of rotatable bonds is 7. The van der Waals surface area contributed by atoms with Gasteiger partial charge in [-0.1, -0.05) is 140 Å². The van der Waals surface area contributed by atoms with Crippen LogP contribution in [0.15, 0.2) is 164 Å². The van der Waals surface area contributed by atoms with Crippen LogP contribution in [0.1, 0.15) is 22.3 Å². The highest BCUT2D eigenvalue weighted by Gasteiger charge is 2.34. The van der Waals surface area contributed by atoms with Crippen LogP contribution in [0, 0.1) is 0 Å². The molecule has 0 amide bonds. The Morgan fingerprint density at radius 2 is 0.921 bits per heavy atom. The molecular weight excluding hydrogens is 479 g/mol. The van der Waals surface area contributed by atoms with Gasteiger partial charge in [0.25, 0.3) is 0 Å². The summed E-state index contributed by atoms with van der Waals surface area (Å²) < 4.78 is 7.33. The molecule has 184 valence electrons. The summed E-state index contributed by atoms with van der Waals surface area (Å²) in [6, 6.07) is 53.3. The maximum absolute atomic E-state index is 7.33. The number of allylic oxidation sites excluding steroid dienone is 3. The van der Waals surface area contributed by atoms with Crippen molar-refractivity contribution in [2.24, 2.45) is 0 Å². The first-order valence-electron chi connectivity index (χ1n) is 13.0. The van der Waals surface area contributed by atoms with E-state index in [0.29, 0.717) is 0 Å². The van der Waals surface area contributed by atoms with Crippen LogP contribution in [0.3, 0.4) is 0 Å². The second-order valence-corrected chi connectivity index (χ2v) is 12.3. The van der Waals surface area contributed by atoms with Gasteiger partial charge in [-0.15, -0.1) is 0 Å². The predicted octanol–water partition coefficient (Wildman–Crippen LogP) is 9.56. The summed E-state index contributed by atoms with van der Waals surface area (Å²) in [6.45, 7) is 0. The van der Waals surface area contributed by atoms with E-state index >= 15 is 0 Å². The maximum Gasteiger partial charge on any atom is 0.123 e. The molecule has 1 unspecified atom stereocenters. The summed E-state index contributed by atoms with van der Waals surface area (Å²) in [5.41, 5.74) is 6.06. The van der Waals surface area contributed by atoms with E-state index in [1.165, 1.54) is 38.4 Å². The lowest BCUT2D eigenvalue weighted by Gasteiger charge is -2.36. The highest BCUT2D eigenvalue weighted by molar-refractivity contribution is 7.81. The molecule has 0 radical (unpaired) electrons. The molecule has 0 aliphatic carbocycles. The molecule has 1 aliphatic heterocycles. The van der Waals surface area contributed by atoms with Gasteiger partial charge in [0.15, 0.2) is 0 Å². The molecule has 0 aromatic heterocycles. The smallest absolute Gasteiger partial charge is 0.123 e. The Balaban J connectivity index is 1.72. The van der Waals surface area contributed by atoms with Crippen molar-refractivity contribution in [3.8, 4) is 5.75 Å². The van der Waals surface area contributed by atoms with Crippen LogP contribution in [-0.4, -0.2) is 5.29 Å². The second-order valence-electron chi connectivity index (χ2n) is 9.40. The maximum atomic E-state index is 7.33. The molecule has 0 saturated heterocycles. The van der Waals surface area contributed by atoms with Crippen LogP contribution in [0.5, 0.6) is 5.75 Å². The quantitative estimate of drug-likeness (QED) is 0.199. The van der Waals surface area contributed by atoms with E-state index in [-0.39, 0.29) is 0 Å². The Bertz CT molecular complexity index is 1570. The van der Waals surface area contributed by atoms with E-state index in [0.717, 1.165) is 11.9 Å². The lowest BCUT2D eigenvalue weighted by molar-refractivity contribution is 0.617. The van der Waals surface area contributed by atoms with Crippen molar-refractivity contribution in [1.82, 2.24) is 0 Å². The molecule has 0 saturated carbocycles. The zero-order valence-electron chi connectivity index (χ0n) is 21.2. The number of hydrogen-bond donors (Lipinski definition) is 0. The van der Waals surface area contributed by atoms with Crippen molar-refractivity contribution < 1.29 is 4.52 Å².